The predicted molar refractivity (Wildman–Crippen MR) is 76.2 cm³/mol. The fourth-order valence-corrected chi connectivity index (χ4v) is 4.13. The molecule has 0 spiro atoms. The van der Waals surface area contributed by atoms with Crippen molar-refractivity contribution in [2.75, 3.05) is 13.1 Å². The van der Waals surface area contributed by atoms with Crippen LogP contribution in [0.4, 0.5) is 5.69 Å². The van der Waals surface area contributed by atoms with Gasteiger partial charge in [0.05, 0.1) is 14.7 Å². The number of carbonyl (C=O) groups is 1. The van der Waals surface area contributed by atoms with E-state index in [2.05, 4.69) is 5.32 Å². The standard InChI is InChI=1S/C13H17N3O3S/c1-8-11(16(18)19)6-12(20-8)13(17)15-9-2-3-10(15)7-14-5-4-9/h6,9-10,14H,2-5,7H2,1H3. The number of aryl methyl sites for hydroxylation is 1. The van der Waals surface area contributed by atoms with Crippen LogP contribution in [0.3, 0.4) is 0 Å². The highest BCUT2D eigenvalue weighted by Crippen LogP contribution is 2.34. The number of nitro groups is 1. The summed E-state index contributed by atoms with van der Waals surface area (Å²) in [6.07, 6.45) is 3.04. The molecule has 1 N–H and O–H groups in total. The summed E-state index contributed by atoms with van der Waals surface area (Å²) >= 11 is 1.23. The Labute approximate surface area is 120 Å². The van der Waals surface area contributed by atoms with Gasteiger partial charge in [-0.2, -0.15) is 0 Å². The van der Waals surface area contributed by atoms with Crippen LogP contribution in [0.2, 0.25) is 0 Å². The maximum absolute atomic E-state index is 12.7. The van der Waals surface area contributed by atoms with E-state index in [0.29, 0.717) is 9.75 Å². The Balaban J connectivity index is 1.88. The van der Waals surface area contributed by atoms with Crippen molar-refractivity contribution in [3.05, 3.63) is 25.9 Å². The molecule has 2 aliphatic rings. The van der Waals surface area contributed by atoms with E-state index in [-0.39, 0.29) is 23.7 Å². The van der Waals surface area contributed by atoms with Gasteiger partial charge in [0.1, 0.15) is 0 Å². The minimum Gasteiger partial charge on any atom is -0.331 e. The van der Waals surface area contributed by atoms with Crippen LogP contribution in [0.1, 0.15) is 33.8 Å². The molecule has 7 heteroatoms. The second kappa shape index (κ2) is 5.14. The van der Waals surface area contributed by atoms with Crippen molar-refractivity contribution >= 4 is 22.9 Å². The van der Waals surface area contributed by atoms with E-state index in [1.54, 1.807) is 6.92 Å². The summed E-state index contributed by atoms with van der Waals surface area (Å²) < 4.78 is 0. The molecule has 6 nitrogen and oxygen atoms in total. The molecule has 2 unspecified atom stereocenters. The Hall–Kier alpha value is -1.47. The first-order valence-electron chi connectivity index (χ1n) is 6.86. The smallest absolute Gasteiger partial charge is 0.283 e. The van der Waals surface area contributed by atoms with Gasteiger partial charge in [-0.1, -0.05) is 0 Å². The first-order valence-corrected chi connectivity index (χ1v) is 7.68. The molecule has 0 saturated carbocycles. The summed E-state index contributed by atoms with van der Waals surface area (Å²) in [5, 5.41) is 14.3. The lowest BCUT2D eigenvalue weighted by Gasteiger charge is -2.27. The number of nitrogens with zero attached hydrogens (tertiary/aromatic N) is 2. The fourth-order valence-electron chi connectivity index (χ4n) is 3.20. The number of carbonyl (C=O) groups excluding carboxylic acids is 1. The van der Waals surface area contributed by atoms with Crippen molar-refractivity contribution in [2.24, 2.45) is 0 Å². The SMILES string of the molecule is Cc1sc(C(=O)N2C3CCNCC2CC3)cc1[N+](=O)[O-]. The maximum Gasteiger partial charge on any atom is 0.283 e. The number of rotatable bonds is 2. The van der Waals surface area contributed by atoms with Crippen LogP contribution in [0.25, 0.3) is 0 Å². The number of amides is 1. The first kappa shape index (κ1) is 13.5. The monoisotopic (exact) mass is 295 g/mol. The van der Waals surface area contributed by atoms with Crippen LogP contribution in [-0.2, 0) is 0 Å². The molecule has 0 aromatic carbocycles. The Morgan fingerprint density at radius 2 is 2.20 bits per heavy atom. The third-order valence-corrected chi connectivity index (χ3v) is 5.22. The third-order valence-electron chi connectivity index (χ3n) is 4.19. The quantitative estimate of drug-likeness (QED) is 0.668. The lowest BCUT2D eigenvalue weighted by Crippen LogP contribution is -2.42. The van der Waals surface area contributed by atoms with Crippen LogP contribution in [-0.4, -0.2) is 40.9 Å². The van der Waals surface area contributed by atoms with E-state index in [4.69, 9.17) is 0 Å². The molecule has 0 radical (unpaired) electrons. The molecule has 1 aromatic rings. The topological polar surface area (TPSA) is 75.5 Å². The molecule has 2 aliphatic heterocycles. The number of hydrogen-bond donors (Lipinski definition) is 1. The second-order valence-corrected chi connectivity index (χ2v) is 6.66. The van der Waals surface area contributed by atoms with Gasteiger partial charge in [-0.25, -0.2) is 0 Å². The molecule has 3 heterocycles. The molecule has 2 bridgehead atoms. The highest BCUT2D eigenvalue weighted by Gasteiger charge is 2.39. The summed E-state index contributed by atoms with van der Waals surface area (Å²) in [5.41, 5.74) is 0.0543. The van der Waals surface area contributed by atoms with E-state index < -0.39 is 4.92 Å². The van der Waals surface area contributed by atoms with E-state index in [1.165, 1.54) is 17.4 Å². The number of nitrogens with one attached hydrogen (secondary N) is 1. The number of thiophene rings is 1. The van der Waals surface area contributed by atoms with E-state index in [1.807, 2.05) is 4.90 Å². The third kappa shape index (κ3) is 2.20. The minimum atomic E-state index is -0.415. The highest BCUT2D eigenvalue weighted by atomic mass is 32.1. The van der Waals surface area contributed by atoms with Gasteiger partial charge >= 0.3 is 0 Å². The zero-order valence-electron chi connectivity index (χ0n) is 11.3. The summed E-state index contributed by atoms with van der Waals surface area (Å²) in [4.78, 5) is 26.2. The molecule has 2 atom stereocenters. The molecule has 108 valence electrons. The normalized spacial score (nSPS) is 25.6. The number of fused-ring (bicyclic) bond motifs is 2. The molecular formula is C13H17N3O3S. The first-order chi connectivity index (χ1) is 9.58. The summed E-state index contributed by atoms with van der Waals surface area (Å²) in [6, 6.07) is 1.94. The van der Waals surface area contributed by atoms with Crippen LogP contribution in [0, 0.1) is 17.0 Å². The van der Waals surface area contributed by atoms with Gasteiger partial charge in [-0.05, 0) is 32.7 Å². The Bertz CT molecular complexity index is 543. The van der Waals surface area contributed by atoms with Crippen LogP contribution in [0.15, 0.2) is 6.07 Å². The van der Waals surface area contributed by atoms with E-state index in [0.717, 1.165) is 32.4 Å². The predicted octanol–water partition coefficient (Wildman–Crippen LogP) is 1.93. The lowest BCUT2D eigenvalue weighted by molar-refractivity contribution is -0.385. The summed E-state index contributed by atoms with van der Waals surface area (Å²) in [7, 11) is 0. The Morgan fingerprint density at radius 3 is 2.90 bits per heavy atom. The largest absolute Gasteiger partial charge is 0.331 e. The molecule has 2 saturated heterocycles. The summed E-state index contributed by atoms with van der Waals surface area (Å²) in [5.74, 6) is -0.0394. The Morgan fingerprint density at radius 1 is 1.45 bits per heavy atom. The summed E-state index contributed by atoms with van der Waals surface area (Å²) in [6.45, 7) is 3.46. The fraction of sp³-hybridized carbons (Fsp3) is 0.615. The van der Waals surface area contributed by atoms with Gasteiger partial charge in [0.2, 0.25) is 0 Å². The minimum absolute atomic E-state index is 0.0394. The van der Waals surface area contributed by atoms with Crippen molar-refractivity contribution < 1.29 is 9.72 Å². The van der Waals surface area contributed by atoms with Gasteiger partial charge in [-0.15, -0.1) is 11.3 Å². The zero-order chi connectivity index (χ0) is 14.3. The van der Waals surface area contributed by atoms with Gasteiger partial charge in [-0.3, -0.25) is 14.9 Å². The molecule has 3 rings (SSSR count). The van der Waals surface area contributed by atoms with E-state index >= 15 is 0 Å². The molecule has 1 aromatic heterocycles. The Kier molecular flexibility index (Phi) is 3.47. The average Bonchev–Trinajstić information content (AvgIpc) is 2.88. The van der Waals surface area contributed by atoms with Crippen LogP contribution in [0.5, 0.6) is 0 Å². The molecule has 1 amide bonds. The van der Waals surface area contributed by atoms with Gasteiger partial charge in [0, 0.05) is 24.7 Å². The van der Waals surface area contributed by atoms with Crippen molar-refractivity contribution in [3.8, 4) is 0 Å². The molecule has 2 fully saturated rings. The zero-order valence-corrected chi connectivity index (χ0v) is 12.1. The molecular weight excluding hydrogens is 278 g/mol. The second-order valence-electron chi connectivity index (χ2n) is 5.40. The van der Waals surface area contributed by atoms with Crippen LogP contribution >= 0.6 is 11.3 Å². The number of hydrogen-bond acceptors (Lipinski definition) is 5. The molecule has 20 heavy (non-hydrogen) atoms. The van der Waals surface area contributed by atoms with Gasteiger partial charge < -0.3 is 10.2 Å². The maximum atomic E-state index is 12.7. The van der Waals surface area contributed by atoms with Gasteiger partial charge in [0.15, 0.2) is 0 Å². The highest BCUT2D eigenvalue weighted by molar-refractivity contribution is 7.14. The van der Waals surface area contributed by atoms with Gasteiger partial charge in [0.25, 0.3) is 11.6 Å². The van der Waals surface area contributed by atoms with Crippen LogP contribution < -0.4 is 5.32 Å². The van der Waals surface area contributed by atoms with Crippen molar-refractivity contribution in [1.82, 2.24) is 10.2 Å². The van der Waals surface area contributed by atoms with Crippen molar-refractivity contribution in [1.29, 1.82) is 0 Å². The average molecular weight is 295 g/mol. The van der Waals surface area contributed by atoms with Crippen molar-refractivity contribution in [3.63, 3.8) is 0 Å². The van der Waals surface area contributed by atoms with Crippen molar-refractivity contribution in [2.45, 2.75) is 38.3 Å². The lowest BCUT2D eigenvalue weighted by atomic mass is 10.1. The van der Waals surface area contributed by atoms with E-state index in [9.17, 15) is 14.9 Å². The molecule has 0 aliphatic carbocycles.